The lowest BCUT2D eigenvalue weighted by molar-refractivity contribution is 0.0925. The second-order valence-corrected chi connectivity index (χ2v) is 5.74. The Morgan fingerprint density at radius 3 is 2.60 bits per heavy atom. The SMILES string of the molecule is CC1(C)CC2C(=O)c3ccccc3C2C1. The van der Waals surface area contributed by atoms with E-state index in [1.54, 1.807) is 0 Å². The minimum absolute atomic E-state index is 0.275. The molecule has 1 nitrogen and oxygen atoms in total. The second kappa shape index (κ2) is 2.72. The molecule has 2 atom stereocenters. The topological polar surface area (TPSA) is 17.1 Å². The summed E-state index contributed by atoms with van der Waals surface area (Å²) in [7, 11) is 0. The number of Topliss-reactive ketones (excluding diaryl/α,β-unsaturated/α-hetero) is 1. The van der Waals surface area contributed by atoms with Crippen LogP contribution in [0, 0.1) is 11.3 Å². The normalized spacial score (nSPS) is 31.5. The average molecular weight is 200 g/mol. The fourth-order valence-corrected chi connectivity index (χ4v) is 3.41. The second-order valence-electron chi connectivity index (χ2n) is 5.74. The van der Waals surface area contributed by atoms with Gasteiger partial charge >= 0.3 is 0 Å². The Labute approximate surface area is 90.5 Å². The summed E-state index contributed by atoms with van der Waals surface area (Å²) in [6.45, 7) is 4.56. The average Bonchev–Trinajstić information content (AvgIpc) is 2.63. The van der Waals surface area contributed by atoms with Gasteiger partial charge in [-0.25, -0.2) is 0 Å². The van der Waals surface area contributed by atoms with Crippen LogP contribution < -0.4 is 0 Å². The van der Waals surface area contributed by atoms with Gasteiger partial charge < -0.3 is 0 Å². The zero-order chi connectivity index (χ0) is 10.6. The van der Waals surface area contributed by atoms with Crippen LogP contribution in [0.2, 0.25) is 0 Å². The maximum absolute atomic E-state index is 12.2. The van der Waals surface area contributed by atoms with Gasteiger partial charge in [0.1, 0.15) is 0 Å². The van der Waals surface area contributed by atoms with Gasteiger partial charge in [-0.15, -0.1) is 0 Å². The third-order valence-corrected chi connectivity index (χ3v) is 3.99. The van der Waals surface area contributed by atoms with Gasteiger partial charge in [-0.05, 0) is 29.7 Å². The first-order valence-electron chi connectivity index (χ1n) is 5.72. The standard InChI is InChI=1S/C14H16O/c1-14(2)7-11-9-5-3-4-6-10(9)13(15)12(11)8-14/h3-6,11-12H,7-8H2,1-2H3. The van der Waals surface area contributed by atoms with Crippen molar-refractivity contribution in [3.63, 3.8) is 0 Å². The fraction of sp³-hybridized carbons (Fsp3) is 0.500. The van der Waals surface area contributed by atoms with E-state index in [-0.39, 0.29) is 5.92 Å². The lowest BCUT2D eigenvalue weighted by Gasteiger charge is -2.17. The van der Waals surface area contributed by atoms with Crippen molar-refractivity contribution in [1.82, 2.24) is 0 Å². The first kappa shape index (κ1) is 9.14. The molecule has 0 radical (unpaired) electrons. The molecule has 1 fully saturated rings. The summed E-state index contributed by atoms with van der Waals surface area (Å²) in [5, 5.41) is 0. The molecule has 0 N–H and O–H groups in total. The van der Waals surface area contributed by atoms with Crippen molar-refractivity contribution in [2.75, 3.05) is 0 Å². The molecule has 1 aromatic rings. The lowest BCUT2D eigenvalue weighted by atomic mass is 9.87. The van der Waals surface area contributed by atoms with E-state index < -0.39 is 0 Å². The molecule has 0 heterocycles. The maximum atomic E-state index is 12.2. The largest absolute Gasteiger partial charge is 0.294 e. The van der Waals surface area contributed by atoms with Crippen LogP contribution in [0.5, 0.6) is 0 Å². The zero-order valence-corrected chi connectivity index (χ0v) is 9.29. The number of ketones is 1. The van der Waals surface area contributed by atoms with Gasteiger partial charge in [0, 0.05) is 11.5 Å². The third kappa shape index (κ3) is 1.19. The highest BCUT2D eigenvalue weighted by molar-refractivity contribution is 6.03. The van der Waals surface area contributed by atoms with E-state index in [0.29, 0.717) is 17.1 Å². The first-order chi connectivity index (χ1) is 7.08. The number of carbonyl (C=O) groups is 1. The van der Waals surface area contributed by atoms with E-state index >= 15 is 0 Å². The molecule has 2 aliphatic rings. The number of hydrogen-bond acceptors (Lipinski definition) is 1. The Bertz CT molecular complexity index is 431. The quantitative estimate of drug-likeness (QED) is 0.627. The van der Waals surface area contributed by atoms with Gasteiger partial charge in [0.2, 0.25) is 0 Å². The maximum Gasteiger partial charge on any atom is 0.166 e. The fourth-order valence-electron chi connectivity index (χ4n) is 3.41. The van der Waals surface area contributed by atoms with Crippen LogP contribution in [0.15, 0.2) is 24.3 Å². The van der Waals surface area contributed by atoms with Crippen molar-refractivity contribution < 1.29 is 4.79 Å². The van der Waals surface area contributed by atoms with Gasteiger partial charge in [-0.2, -0.15) is 0 Å². The molecule has 2 unspecified atom stereocenters. The summed E-state index contributed by atoms with van der Waals surface area (Å²) in [5.74, 6) is 1.17. The van der Waals surface area contributed by atoms with Crippen LogP contribution in [0.4, 0.5) is 0 Å². The Morgan fingerprint density at radius 2 is 1.80 bits per heavy atom. The van der Waals surface area contributed by atoms with Crippen molar-refractivity contribution in [2.24, 2.45) is 11.3 Å². The van der Waals surface area contributed by atoms with E-state index in [2.05, 4.69) is 26.0 Å². The smallest absolute Gasteiger partial charge is 0.166 e. The molecule has 0 bridgehead atoms. The summed E-state index contributed by atoms with van der Waals surface area (Å²) >= 11 is 0. The molecule has 15 heavy (non-hydrogen) atoms. The number of rotatable bonds is 0. The molecule has 1 aromatic carbocycles. The van der Waals surface area contributed by atoms with Crippen molar-refractivity contribution in [1.29, 1.82) is 0 Å². The molecule has 0 amide bonds. The highest BCUT2D eigenvalue weighted by Gasteiger charge is 2.48. The van der Waals surface area contributed by atoms with Gasteiger partial charge in [0.05, 0.1) is 0 Å². The highest BCUT2D eigenvalue weighted by atomic mass is 16.1. The van der Waals surface area contributed by atoms with Gasteiger partial charge in [-0.3, -0.25) is 4.79 Å². The van der Waals surface area contributed by atoms with Crippen molar-refractivity contribution in [3.8, 4) is 0 Å². The molecular formula is C14H16O. The number of hydrogen-bond donors (Lipinski definition) is 0. The van der Waals surface area contributed by atoms with Crippen LogP contribution >= 0.6 is 0 Å². The minimum atomic E-state index is 0.275. The van der Waals surface area contributed by atoms with E-state index in [9.17, 15) is 4.79 Å². The van der Waals surface area contributed by atoms with Gasteiger partial charge in [0.15, 0.2) is 5.78 Å². The number of fused-ring (bicyclic) bond motifs is 3. The summed E-state index contributed by atoms with van der Waals surface area (Å²) in [6, 6.07) is 8.16. The molecule has 78 valence electrons. The zero-order valence-electron chi connectivity index (χ0n) is 9.29. The third-order valence-electron chi connectivity index (χ3n) is 3.99. The Morgan fingerprint density at radius 1 is 1.13 bits per heavy atom. The number of carbonyl (C=O) groups excluding carboxylic acids is 1. The Balaban J connectivity index is 2.10. The molecule has 2 aliphatic carbocycles. The van der Waals surface area contributed by atoms with E-state index in [1.165, 1.54) is 12.0 Å². The molecule has 1 saturated carbocycles. The van der Waals surface area contributed by atoms with E-state index in [4.69, 9.17) is 0 Å². The predicted octanol–water partition coefficient (Wildman–Crippen LogP) is 3.40. The summed E-state index contributed by atoms with van der Waals surface area (Å²) in [6.07, 6.45) is 2.23. The Kier molecular flexibility index (Phi) is 1.66. The van der Waals surface area contributed by atoms with Gasteiger partial charge in [0.25, 0.3) is 0 Å². The summed E-state index contributed by atoms with van der Waals surface area (Å²) in [4.78, 5) is 12.2. The van der Waals surface area contributed by atoms with Crippen LogP contribution in [-0.2, 0) is 0 Å². The first-order valence-corrected chi connectivity index (χ1v) is 5.72. The van der Waals surface area contributed by atoms with Crippen LogP contribution in [-0.4, -0.2) is 5.78 Å². The van der Waals surface area contributed by atoms with Gasteiger partial charge in [-0.1, -0.05) is 38.1 Å². The van der Waals surface area contributed by atoms with Crippen LogP contribution in [0.25, 0.3) is 0 Å². The molecule has 3 rings (SSSR count). The van der Waals surface area contributed by atoms with Crippen molar-refractivity contribution in [2.45, 2.75) is 32.6 Å². The van der Waals surface area contributed by atoms with E-state index in [0.717, 1.165) is 12.0 Å². The molecule has 1 heteroatoms. The molecule has 0 aromatic heterocycles. The highest BCUT2D eigenvalue weighted by Crippen LogP contribution is 2.55. The monoisotopic (exact) mass is 200 g/mol. The minimum Gasteiger partial charge on any atom is -0.294 e. The van der Waals surface area contributed by atoms with Crippen molar-refractivity contribution in [3.05, 3.63) is 35.4 Å². The Hall–Kier alpha value is -1.11. The van der Waals surface area contributed by atoms with E-state index in [1.807, 2.05) is 12.1 Å². The summed E-state index contributed by atoms with van der Waals surface area (Å²) < 4.78 is 0. The summed E-state index contributed by atoms with van der Waals surface area (Å²) in [5.41, 5.74) is 2.64. The van der Waals surface area contributed by atoms with Crippen molar-refractivity contribution >= 4 is 5.78 Å². The van der Waals surface area contributed by atoms with Crippen LogP contribution in [0.3, 0.4) is 0 Å². The molecule has 0 aliphatic heterocycles. The lowest BCUT2D eigenvalue weighted by Crippen LogP contribution is -2.11. The number of benzene rings is 1. The molecule has 0 spiro atoms. The van der Waals surface area contributed by atoms with Crippen LogP contribution in [0.1, 0.15) is 48.5 Å². The molecular weight excluding hydrogens is 184 g/mol. The predicted molar refractivity (Wildman–Crippen MR) is 60.0 cm³/mol. The molecule has 0 saturated heterocycles.